The SMILES string of the molecule is CC(=O)N(C)[C@H]1CC2(CCN(Cc3cnn(C)c3)CC2)OC[C@]1(C)O. The number of nitrogens with zero attached hydrogens (tertiary/aromatic N) is 4. The Bertz CT molecular complexity index is 620. The highest BCUT2D eigenvalue weighted by Gasteiger charge is 2.50. The third kappa shape index (κ3) is 3.88. The van der Waals surface area contributed by atoms with Crippen molar-refractivity contribution in [2.45, 2.75) is 56.9 Å². The van der Waals surface area contributed by atoms with Crippen molar-refractivity contribution >= 4 is 5.91 Å². The van der Waals surface area contributed by atoms with Crippen LogP contribution in [0.15, 0.2) is 12.4 Å². The van der Waals surface area contributed by atoms with Gasteiger partial charge in [-0.15, -0.1) is 0 Å². The Morgan fingerprint density at radius 1 is 1.48 bits per heavy atom. The van der Waals surface area contributed by atoms with Gasteiger partial charge in [0.2, 0.25) is 5.91 Å². The first kappa shape index (κ1) is 18.4. The number of piperidine rings is 1. The molecule has 2 saturated heterocycles. The first-order chi connectivity index (χ1) is 11.7. The number of carbonyl (C=O) groups is 1. The monoisotopic (exact) mass is 350 g/mol. The van der Waals surface area contributed by atoms with Crippen molar-refractivity contribution in [3.05, 3.63) is 18.0 Å². The molecule has 1 spiro atoms. The smallest absolute Gasteiger partial charge is 0.219 e. The highest BCUT2D eigenvalue weighted by atomic mass is 16.5. The van der Waals surface area contributed by atoms with Crippen molar-refractivity contribution in [3.8, 4) is 0 Å². The standard InChI is InChI=1S/C18H30N4O3/c1-14(23)21(4)16-9-18(25-13-17(16,2)24)5-7-22(8-6-18)12-15-10-19-20(3)11-15/h10-11,16,24H,5-9,12-13H2,1-4H3/t16-,17-/m0/s1. The second-order valence-corrected chi connectivity index (χ2v) is 7.98. The van der Waals surface area contributed by atoms with Gasteiger partial charge >= 0.3 is 0 Å². The van der Waals surface area contributed by atoms with Crippen LogP contribution in [0.25, 0.3) is 0 Å². The van der Waals surface area contributed by atoms with E-state index in [1.807, 2.05) is 17.9 Å². The minimum absolute atomic E-state index is 0.0173. The molecule has 1 aromatic rings. The number of aromatic nitrogens is 2. The summed E-state index contributed by atoms with van der Waals surface area (Å²) in [6.07, 6.45) is 6.50. The Morgan fingerprint density at radius 3 is 2.72 bits per heavy atom. The molecule has 3 rings (SSSR count). The van der Waals surface area contributed by atoms with Gasteiger partial charge in [0.1, 0.15) is 5.60 Å². The third-order valence-electron chi connectivity index (χ3n) is 5.85. The number of carbonyl (C=O) groups excluding carboxylic acids is 1. The second kappa shape index (κ2) is 6.70. The van der Waals surface area contributed by atoms with Gasteiger partial charge in [0.25, 0.3) is 0 Å². The van der Waals surface area contributed by atoms with Gasteiger partial charge in [-0.3, -0.25) is 14.4 Å². The van der Waals surface area contributed by atoms with Gasteiger partial charge in [-0.1, -0.05) is 0 Å². The fraction of sp³-hybridized carbons (Fsp3) is 0.778. The number of likely N-dealkylation sites (tertiary alicyclic amines) is 1. The van der Waals surface area contributed by atoms with Crippen molar-refractivity contribution in [1.82, 2.24) is 19.6 Å². The van der Waals surface area contributed by atoms with Crippen LogP contribution in [0.4, 0.5) is 0 Å². The van der Waals surface area contributed by atoms with Gasteiger partial charge in [0.05, 0.1) is 24.4 Å². The van der Waals surface area contributed by atoms with E-state index in [1.165, 1.54) is 5.56 Å². The van der Waals surface area contributed by atoms with Crippen LogP contribution in [0.3, 0.4) is 0 Å². The molecule has 2 fully saturated rings. The lowest BCUT2D eigenvalue weighted by Gasteiger charge is -2.52. The van der Waals surface area contributed by atoms with Gasteiger partial charge < -0.3 is 14.7 Å². The molecular formula is C18H30N4O3. The highest BCUT2D eigenvalue weighted by Crippen LogP contribution is 2.40. The fourth-order valence-electron chi connectivity index (χ4n) is 4.08. The van der Waals surface area contributed by atoms with Crippen molar-refractivity contribution in [2.75, 3.05) is 26.7 Å². The topological polar surface area (TPSA) is 70.8 Å². The lowest BCUT2D eigenvalue weighted by molar-refractivity contribution is -0.209. The molecule has 1 N–H and O–H groups in total. The number of aryl methyl sites for hydroxylation is 1. The predicted octanol–water partition coefficient (Wildman–Crippen LogP) is 0.773. The van der Waals surface area contributed by atoms with E-state index < -0.39 is 5.60 Å². The normalized spacial score (nSPS) is 29.7. The summed E-state index contributed by atoms with van der Waals surface area (Å²) in [6, 6.07) is -0.205. The Kier molecular flexibility index (Phi) is 4.92. The minimum atomic E-state index is -1.00. The number of hydrogen-bond acceptors (Lipinski definition) is 5. The van der Waals surface area contributed by atoms with E-state index in [4.69, 9.17) is 4.74 Å². The highest BCUT2D eigenvalue weighted by molar-refractivity contribution is 5.73. The molecule has 1 aromatic heterocycles. The molecule has 0 saturated carbocycles. The van der Waals surface area contributed by atoms with Crippen molar-refractivity contribution in [1.29, 1.82) is 0 Å². The molecule has 140 valence electrons. The number of likely N-dealkylation sites (N-methyl/N-ethyl adjacent to an activating group) is 1. The molecule has 0 bridgehead atoms. The summed E-state index contributed by atoms with van der Waals surface area (Å²) < 4.78 is 7.98. The van der Waals surface area contributed by atoms with Gasteiger partial charge in [-0.25, -0.2) is 0 Å². The molecular weight excluding hydrogens is 320 g/mol. The van der Waals surface area contributed by atoms with E-state index >= 15 is 0 Å². The molecule has 1 amide bonds. The Morgan fingerprint density at radius 2 is 2.16 bits per heavy atom. The van der Waals surface area contributed by atoms with E-state index in [-0.39, 0.29) is 24.2 Å². The van der Waals surface area contributed by atoms with Gasteiger partial charge in [-0.05, 0) is 26.2 Å². The van der Waals surface area contributed by atoms with Crippen LogP contribution in [0.1, 0.15) is 38.7 Å². The number of rotatable bonds is 3. The lowest BCUT2D eigenvalue weighted by Crippen LogP contribution is -2.63. The number of hydrogen-bond donors (Lipinski definition) is 1. The zero-order valence-corrected chi connectivity index (χ0v) is 15.7. The molecule has 0 aromatic carbocycles. The summed E-state index contributed by atoms with van der Waals surface area (Å²) in [5.41, 5.74) is -0.0132. The molecule has 7 heteroatoms. The maximum atomic E-state index is 11.8. The molecule has 2 atom stereocenters. The van der Waals surface area contributed by atoms with Gasteiger partial charge in [0.15, 0.2) is 0 Å². The fourth-order valence-corrected chi connectivity index (χ4v) is 4.08. The third-order valence-corrected chi connectivity index (χ3v) is 5.85. The Hall–Kier alpha value is -1.44. The maximum absolute atomic E-state index is 11.8. The van der Waals surface area contributed by atoms with E-state index in [0.29, 0.717) is 6.42 Å². The minimum Gasteiger partial charge on any atom is -0.386 e. The van der Waals surface area contributed by atoms with Gasteiger partial charge in [-0.2, -0.15) is 5.10 Å². The summed E-state index contributed by atoms with van der Waals surface area (Å²) in [6.45, 7) is 6.40. The summed E-state index contributed by atoms with van der Waals surface area (Å²) in [4.78, 5) is 15.9. The van der Waals surface area contributed by atoms with Crippen LogP contribution < -0.4 is 0 Å². The average Bonchev–Trinajstić information content (AvgIpc) is 2.96. The summed E-state index contributed by atoms with van der Waals surface area (Å²) >= 11 is 0. The predicted molar refractivity (Wildman–Crippen MR) is 93.9 cm³/mol. The maximum Gasteiger partial charge on any atom is 0.219 e. The molecule has 0 unspecified atom stereocenters. The van der Waals surface area contributed by atoms with Crippen LogP contribution in [0.5, 0.6) is 0 Å². The zero-order chi connectivity index (χ0) is 18.2. The molecule has 2 aliphatic rings. The van der Waals surface area contributed by atoms with Crippen LogP contribution in [-0.2, 0) is 23.1 Å². The van der Waals surface area contributed by atoms with Crippen molar-refractivity contribution in [3.63, 3.8) is 0 Å². The summed E-state index contributed by atoms with van der Waals surface area (Å²) in [5.74, 6) is -0.0173. The summed E-state index contributed by atoms with van der Waals surface area (Å²) in [5, 5.41) is 14.9. The number of ether oxygens (including phenoxy) is 1. The van der Waals surface area contributed by atoms with Gasteiger partial charge in [0, 0.05) is 52.4 Å². The van der Waals surface area contributed by atoms with E-state index in [9.17, 15) is 9.90 Å². The summed E-state index contributed by atoms with van der Waals surface area (Å²) in [7, 11) is 3.71. The molecule has 7 nitrogen and oxygen atoms in total. The van der Waals surface area contributed by atoms with Crippen molar-refractivity contribution in [2.24, 2.45) is 7.05 Å². The Balaban J connectivity index is 1.63. The average molecular weight is 350 g/mol. The van der Waals surface area contributed by atoms with Crippen LogP contribution in [-0.4, -0.2) is 74.6 Å². The lowest BCUT2D eigenvalue weighted by atomic mass is 9.77. The number of amides is 1. The van der Waals surface area contributed by atoms with Crippen LogP contribution in [0, 0.1) is 0 Å². The first-order valence-corrected chi connectivity index (χ1v) is 9.00. The van der Waals surface area contributed by atoms with Crippen LogP contribution in [0.2, 0.25) is 0 Å². The number of aliphatic hydroxyl groups is 1. The second-order valence-electron chi connectivity index (χ2n) is 7.98. The quantitative estimate of drug-likeness (QED) is 0.872. The van der Waals surface area contributed by atoms with Crippen LogP contribution >= 0.6 is 0 Å². The van der Waals surface area contributed by atoms with Crippen molar-refractivity contribution < 1.29 is 14.6 Å². The Labute approximate surface area is 149 Å². The first-order valence-electron chi connectivity index (χ1n) is 9.00. The molecule has 0 radical (unpaired) electrons. The van der Waals surface area contributed by atoms with E-state index in [0.717, 1.165) is 32.5 Å². The van der Waals surface area contributed by atoms with E-state index in [1.54, 1.807) is 25.8 Å². The molecule has 0 aliphatic carbocycles. The molecule has 25 heavy (non-hydrogen) atoms. The zero-order valence-electron chi connectivity index (χ0n) is 15.7. The van der Waals surface area contributed by atoms with E-state index in [2.05, 4.69) is 16.2 Å². The molecule has 3 heterocycles. The molecule has 2 aliphatic heterocycles. The largest absolute Gasteiger partial charge is 0.386 e.